The second kappa shape index (κ2) is 33.6. The molecule has 0 aromatic rings. The molecule has 0 saturated heterocycles. The van der Waals surface area contributed by atoms with Crippen LogP contribution in [0.1, 0.15) is 0 Å². The van der Waals surface area contributed by atoms with Crippen LogP contribution in [0, 0.1) is 0 Å². The van der Waals surface area contributed by atoms with E-state index in [1.807, 2.05) is 0 Å². The van der Waals surface area contributed by atoms with Crippen molar-refractivity contribution in [2.45, 2.75) is 0 Å². The molecule has 0 heterocycles. The van der Waals surface area contributed by atoms with Gasteiger partial charge in [0.15, 0.2) is 0 Å². The average molecular weight is 673 g/mol. The Hall–Kier alpha value is -0.580. The summed E-state index contributed by atoms with van der Waals surface area (Å²) in [6.45, 7) is 0.531. The third-order valence-corrected chi connectivity index (χ3v) is 9.38. The van der Waals surface area contributed by atoms with Crippen molar-refractivity contribution >= 4 is 95.6 Å². The van der Waals surface area contributed by atoms with E-state index < -0.39 is 12.2 Å². The highest BCUT2D eigenvalue weighted by Gasteiger charge is 2.01. The van der Waals surface area contributed by atoms with E-state index in [0.717, 1.165) is 21.0 Å². The third-order valence-electron chi connectivity index (χ3n) is 3.11. The first-order valence-corrected chi connectivity index (χ1v) is 18.2. The highest BCUT2D eigenvalue weighted by molar-refractivity contribution is 8.16. The quantitative estimate of drug-likeness (QED) is 0.0238. The summed E-state index contributed by atoms with van der Waals surface area (Å²) in [7, 11) is 0. The lowest BCUT2D eigenvalue weighted by Crippen LogP contribution is -2.24. The molecule has 0 unspecified atom stereocenters. The van der Waals surface area contributed by atoms with Crippen LogP contribution >= 0.6 is 70.6 Å². The summed E-state index contributed by atoms with van der Waals surface area (Å²) in [4.78, 5) is 49.7. The van der Waals surface area contributed by atoms with Crippen LogP contribution in [-0.4, -0.2) is 125 Å². The van der Waals surface area contributed by atoms with Crippen molar-refractivity contribution in [1.29, 1.82) is 0 Å². The summed E-state index contributed by atoms with van der Waals surface area (Å²) in [6, 6.07) is 0. The molecule has 0 fully saturated rings. The van der Waals surface area contributed by atoms with Crippen molar-refractivity contribution in [2.24, 2.45) is 9.98 Å². The number of carbonyl (C=O) groups excluding carboxylic acids is 2. The van der Waals surface area contributed by atoms with Gasteiger partial charge in [-0.3, -0.25) is 0 Å². The van der Waals surface area contributed by atoms with E-state index in [9.17, 15) is 9.59 Å². The SMILES string of the molecule is O=C(NCSCSCN=COOCCSCSCCOC(=O)NCSCSCN=COOCCO)OCCO. The molecule has 2 amide bonds. The van der Waals surface area contributed by atoms with E-state index in [2.05, 4.69) is 35.1 Å². The summed E-state index contributed by atoms with van der Waals surface area (Å²) in [5, 5.41) is 24.6. The van der Waals surface area contributed by atoms with Gasteiger partial charge in [-0.1, -0.05) is 0 Å². The van der Waals surface area contributed by atoms with Gasteiger partial charge in [-0.2, -0.15) is 9.78 Å². The zero-order valence-electron chi connectivity index (χ0n) is 21.3. The molecule has 0 aromatic carbocycles. The number of aliphatic hydroxyl groups excluding tert-OH is 2. The van der Waals surface area contributed by atoms with Gasteiger partial charge >= 0.3 is 12.2 Å². The molecule has 0 saturated carbocycles. The van der Waals surface area contributed by atoms with Gasteiger partial charge in [0.1, 0.15) is 26.4 Å². The highest BCUT2D eigenvalue weighted by atomic mass is 32.2. The monoisotopic (exact) mass is 672 g/mol. The van der Waals surface area contributed by atoms with Gasteiger partial charge in [-0.05, 0) is 0 Å². The number of hydrogen-bond acceptors (Lipinski definition) is 18. The number of thioether (sulfide) groups is 6. The van der Waals surface area contributed by atoms with Crippen molar-refractivity contribution in [3.8, 4) is 0 Å². The fourth-order valence-electron chi connectivity index (χ4n) is 1.62. The predicted molar refractivity (Wildman–Crippen MR) is 164 cm³/mol. The molecule has 0 rings (SSSR count). The van der Waals surface area contributed by atoms with E-state index in [4.69, 9.17) is 24.7 Å². The van der Waals surface area contributed by atoms with Crippen LogP contribution in [0.15, 0.2) is 9.98 Å². The summed E-state index contributed by atoms with van der Waals surface area (Å²) >= 11 is 9.49. The molecule has 14 nitrogen and oxygen atoms in total. The Balaban J connectivity index is 3.26. The molecule has 0 aromatic heterocycles. The molecular formula is C19H36N4O10S6. The molecular weight excluding hydrogens is 637 g/mol. The maximum absolute atomic E-state index is 11.6. The number of alkyl carbamates (subject to hydrolysis) is 2. The van der Waals surface area contributed by atoms with Crippen molar-refractivity contribution < 1.29 is 48.8 Å². The number of hydrogen-bond donors (Lipinski definition) is 4. The number of aliphatic imine (C=N–C) groups is 2. The minimum atomic E-state index is -0.549. The maximum atomic E-state index is 11.6. The molecule has 0 bridgehead atoms. The number of amides is 2. The Morgan fingerprint density at radius 2 is 1.13 bits per heavy atom. The summed E-state index contributed by atoms with van der Waals surface area (Å²) in [5.41, 5.74) is 0. The van der Waals surface area contributed by atoms with E-state index in [-0.39, 0.29) is 26.4 Å². The minimum absolute atomic E-state index is 0.0146. The van der Waals surface area contributed by atoms with Crippen LogP contribution in [0.4, 0.5) is 9.59 Å². The van der Waals surface area contributed by atoms with Gasteiger partial charge in [-0.15, -0.1) is 70.6 Å². The van der Waals surface area contributed by atoms with Crippen molar-refractivity contribution in [3.63, 3.8) is 0 Å². The molecule has 0 aliphatic rings. The van der Waals surface area contributed by atoms with Crippen LogP contribution in [0.3, 0.4) is 0 Å². The Bertz CT molecular complexity index is 631. The smallest absolute Gasteiger partial charge is 0.407 e. The Morgan fingerprint density at radius 1 is 0.641 bits per heavy atom. The molecule has 4 N–H and O–H groups in total. The predicted octanol–water partition coefficient (Wildman–Crippen LogP) is 2.48. The van der Waals surface area contributed by atoms with Crippen molar-refractivity contribution in [1.82, 2.24) is 10.6 Å². The third kappa shape index (κ3) is 33.5. The van der Waals surface area contributed by atoms with E-state index in [0.29, 0.717) is 42.5 Å². The summed E-state index contributed by atoms with van der Waals surface area (Å²) in [5.74, 6) is 3.33. The van der Waals surface area contributed by atoms with E-state index in [1.165, 1.54) is 36.3 Å². The number of carbonyl (C=O) groups is 2. The second-order valence-electron chi connectivity index (χ2n) is 6.02. The lowest BCUT2D eigenvalue weighted by atomic mass is 10.8. The molecule has 0 aliphatic carbocycles. The first kappa shape index (κ1) is 38.4. The zero-order chi connectivity index (χ0) is 28.5. The lowest BCUT2D eigenvalue weighted by Gasteiger charge is -2.06. The maximum Gasteiger partial charge on any atom is 0.407 e. The van der Waals surface area contributed by atoms with Gasteiger partial charge in [0, 0.05) is 26.8 Å². The Kier molecular flexibility index (Phi) is 33.1. The molecule has 0 spiro atoms. The zero-order valence-corrected chi connectivity index (χ0v) is 26.2. The van der Waals surface area contributed by atoms with Gasteiger partial charge in [0.25, 0.3) is 0 Å². The molecule has 0 aliphatic heterocycles. The Labute approximate surface area is 253 Å². The van der Waals surface area contributed by atoms with E-state index in [1.54, 1.807) is 47.0 Å². The number of rotatable bonds is 28. The fourth-order valence-corrected chi connectivity index (χ4v) is 6.40. The van der Waals surface area contributed by atoms with Crippen molar-refractivity contribution in [2.75, 3.05) is 89.9 Å². The standard InChI is InChI=1S/C19H36N4O10S6/c24-1-3-28-18(26)22-13-38-16-37-12-21-10-33-31-6-8-35-15-34-7-5-29-19(27)23-14-39-17-36-11-20-9-32-30-4-2-25/h9-10,24-25H,1-8,11-17H2,(H,22,26)(H,23,27). The first-order chi connectivity index (χ1) is 19.2. The molecule has 39 heavy (non-hydrogen) atoms. The molecule has 0 atom stereocenters. The van der Waals surface area contributed by atoms with Crippen molar-refractivity contribution in [3.05, 3.63) is 0 Å². The minimum Gasteiger partial charge on any atom is -0.449 e. The van der Waals surface area contributed by atoms with Gasteiger partial charge in [0.05, 0.1) is 36.7 Å². The van der Waals surface area contributed by atoms with Gasteiger partial charge in [-0.25, -0.2) is 19.6 Å². The highest BCUT2D eigenvalue weighted by Crippen LogP contribution is 2.13. The summed E-state index contributed by atoms with van der Waals surface area (Å²) in [6.07, 6.45) is 1.45. The van der Waals surface area contributed by atoms with Gasteiger partial charge < -0.3 is 40.1 Å². The molecule has 20 heteroatoms. The Morgan fingerprint density at radius 3 is 1.69 bits per heavy atom. The number of ether oxygens (including phenoxy) is 2. The van der Waals surface area contributed by atoms with Crippen LogP contribution in [0.5, 0.6) is 0 Å². The second-order valence-corrected chi connectivity index (χ2v) is 13.2. The normalized spacial score (nSPS) is 11.1. The number of aliphatic hydroxyl groups is 2. The van der Waals surface area contributed by atoms with Crippen LogP contribution < -0.4 is 10.6 Å². The van der Waals surface area contributed by atoms with Crippen LogP contribution in [0.25, 0.3) is 0 Å². The lowest BCUT2D eigenvalue weighted by molar-refractivity contribution is -0.221. The molecule has 0 radical (unpaired) electrons. The molecule has 228 valence electrons. The van der Waals surface area contributed by atoms with Gasteiger partial charge in [0.2, 0.25) is 12.8 Å². The van der Waals surface area contributed by atoms with E-state index >= 15 is 0 Å². The average Bonchev–Trinajstić information content (AvgIpc) is 2.94. The number of nitrogens with one attached hydrogen (secondary N) is 2. The number of nitrogens with zero attached hydrogens (tertiary/aromatic N) is 2. The largest absolute Gasteiger partial charge is 0.449 e. The first-order valence-electron chi connectivity index (χ1n) is 11.2. The van der Waals surface area contributed by atoms with Crippen LogP contribution in [-0.2, 0) is 29.0 Å². The summed E-state index contributed by atoms with van der Waals surface area (Å²) < 4.78 is 9.76. The topological polar surface area (TPSA) is 179 Å². The fraction of sp³-hybridized carbons (Fsp3) is 0.789. The van der Waals surface area contributed by atoms with Crippen LogP contribution in [0.2, 0.25) is 0 Å².